The van der Waals surface area contributed by atoms with Crippen molar-refractivity contribution in [3.8, 4) is 0 Å². The molecule has 1 aromatic heterocycles. The molecule has 0 atom stereocenters. The van der Waals surface area contributed by atoms with Crippen molar-refractivity contribution >= 4 is 5.91 Å². The molecule has 1 N–H and O–H groups in total. The number of nitrogens with zero attached hydrogens (tertiary/aromatic N) is 3. The van der Waals surface area contributed by atoms with Gasteiger partial charge >= 0.3 is 0 Å². The summed E-state index contributed by atoms with van der Waals surface area (Å²) in [6, 6.07) is 2.02. The molecule has 2 rings (SSSR count). The van der Waals surface area contributed by atoms with Gasteiger partial charge in [-0.05, 0) is 57.8 Å². The maximum atomic E-state index is 12.1. The van der Waals surface area contributed by atoms with Crippen LogP contribution in [0, 0.1) is 12.8 Å². The molecule has 2 heterocycles. The molecule has 5 heteroatoms. The van der Waals surface area contributed by atoms with Crippen molar-refractivity contribution in [1.82, 2.24) is 20.0 Å². The van der Waals surface area contributed by atoms with Crippen molar-refractivity contribution in [3.05, 3.63) is 17.5 Å². The number of rotatable bonds is 6. The van der Waals surface area contributed by atoms with Crippen LogP contribution in [0.15, 0.2) is 6.07 Å². The summed E-state index contributed by atoms with van der Waals surface area (Å²) in [6.45, 7) is 8.25. The highest BCUT2D eigenvalue weighted by molar-refractivity contribution is 5.76. The van der Waals surface area contributed by atoms with Gasteiger partial charge in [-0.1, -0.05) is 6.92 Å². The van der Waals surface area contributed by atoms with Crippen LogP contribution in [0.25, 0.3) is 0 Å². The molecular formula is C16H28N4O. The maximum Gasteiger partial charge on any atom is 0.220 e. The summed E-state index contributed by atoms with van der Waals surface area (Å²) >= 11 is 0. The van der Waals surface area contributed by atoms with Crippen LogP contribution in [-0.4, -0.2) is 40.2 Å². The lowest BCUT2D eigenvalue weighted by Crippen LogP contribution is -2.36. The van der Waals surface area contributed by atoms with Crippen molar-refractivity contribution in [2.45, 2.75) is 46.1 Å². The molecule has 1 aliphatic rings. The van der Waals surface area contributed by atoms with Gasteiger partial charge < -0.3 is 10.2 Å². The minimum absolute atomic E-state index is 0.169. The molecule has 1 fully saturated rings. The molecule has 0 saturated carbocycles. The van der Waals surface area contributed by atoms with E-state index < -0.39 is 0 Å². The highest BCUT2D eigenvalue weighted by Gasteiger charge is 2.20. The third kappa shape index (κ3) is 4.84. The van der Waals surface area contributed by atoms with Crippen LogP contribution in [0.3, 0.4) is 0 Å². The fourth-order valence-electron chi connectivity index (χ4n) is 3.08. The number of amides is 1. The molecule has 118 valence electrons. The largest absolute Gasteiger partial charge is 0.350 e. The number of nitrogens with one attached hydrogen (secondary N) is 1. The summed E-state index contributed by atoms with van der Waals surface area (Å²) in [4.78, 5) is 14.6. The average molecular weight is 292 g/mol. The predicted molar refractivity (Wildman–Crippen MR) is 83.9 cm³/mol. The van der Waals surface area contributed by atoms with Gasteiger partial charge in [-0.15, -0.1) is 0 Å². The number of carbonyl (C=O) groups is 1. The van der Waals surface area contributed by atoms with Gasteiger partial charge in [0.25, 0.3) is 0 Å². The number of hydrogen-bond donors (Lipinski definition) is 1. The van der Waals surface area contributed by atoms with Crippen molar-refractivity contribution in [2.24, 2.45) is 13.0 Å². The van der Waals surface area contributed by atoms with Crippen LogP contribution in [0.4, 0.5) is 0 Å². The van der Waals surface area contributed by atoms with Gasteiger partial charge in [0.05, 0.1) is 17.9 Å². The molecule has 0 bridgehead atoms. The van der Waals surface area contributed by atoms with Gasteiger partial charge in [0, 0.05) is 13.5 Å². The summed E-state index contributed by atoms with van der Waals surface area (Å²) in [6.07, 6.45) is 4.18. The smallest absolute Gasteiger partial charge is 0.220 e. The van der Waals surface area contributed by atoms with Crippen molar-refractivity contribution in [2.75, 3.05) is 19.6 Å². The Morgan fingerprint density at radius 2 is 2.14 bits per heavy atom. The number of likely N-dealkylation sites (tertiary alicyclic amines) is 1. The third-order valence-electron chi connectivity index (χ3n) is 4.29. The van der Waals surface area contributed by atoms with Crippen molar-refractivity contribution in [1.29, 1.82) is 0 Å². The first-order chi connectivity index (χ1) is 10.1. The molecular weight excluding hydrogens is 264 g/mol. The summed E-state index contributed by atoms with van der Waals surface area (Å²) < 4.78 is 1.83. The van der Waals surface area contributed by atoms with Gasteiger partial charge in [-0.3, -0.25) is 9.48 Å². The van der Waals surface area contributed by atoms with Crippen LogP contribution in [0.5, 0.6) is 0 Å². The number of piperidine rings is 1. The monoisotopic (exact) mass is 292 g/mol. The fourth-order valence-corrected chi connectivity index (χ4v) is 3.08. The normalized spacial score (nSPS) is 17.1. The van der Waals surface area contributed by atoms with Gasteiger partial charge in [0.2, 0.25) is 5.91 Å². The first-order valence-corrected chi connectivity index (χ1v) is 8.07. The average Bonchev–Trinajstić information content (AvgIpc) is 2.77. The van der Waals surface area contributed by atoms with E-state index in [0.29, 0.717) is 18.9 Å². The summed E-state index contributed by atoms with van der Waals surface area (Å²) in [5.74, 6) is 0.717. The Balaban J connectivity index is 1.69. The molecule has 0 radical (unpaired) electrons. The van der Waals surface area contributed by atoms with E-state index in [1.54, 1.807) is 0 Å². The SMILES string of the molecule is CCCN1CCC(CC(=O)NCc2cc(C)nn2C)CC1. The van der Waals surface area contributed by atoms with Gasteiger partial charge in [0.1, 0.15) is 0 Å². The number of carbonyl (C=O) groups excluding carboxylic acids is 1. The minimum Gasteiger partial charge on any atom is -0.350 e. The lowest BCUT2D eigenvalue weighted by molar-refractivity contribution is -0.122. The lowest BCUT2D eigenvalue weighted by atomic mass is 9.93. The van der Waals surface area contributed by atoms with E-state index in [1.165, 1.54) is 13.0 Å². The van der Waals surface area contributed by atoms with Gasteiger partial charge in [0.15, 0.2) is 0 Å². The van der Waals surface area contributed by atoms with Crippen LogP contribution in [-0.2, 0) is 18.4 Å². The van der Waals surface area contributed by atoms with Crippen LogP contribution in [0.2, 0.25) is 0 Å². The summed E-state index contributed by atoms with van der Waals surface area (Å²) in [5, 5.41) is 7.31. The number of hydrogen-bond acceptors (Lipinski definition) is 3. The second-order valence-corrected chi connectivity index (χ2v) is 6.17. The first-order valence-electron chi connectivity index (χ1n) is 8.07. The molecule has 0 unspecified atom stereocenters. The van der Waals surface area contributed by atoms with Crippen molar-refractivity contribution in [3.63, 3.8) is 0 Å². The molecule has 0 spiro atoms. The third-order valence-corrected chi connectivity index (χ3v) is 4.29. The number of aromatic nitrogens is 2. The zero-order chi connectivity index (χ0) is 15.2. The highest BCUT2D eigenvalue weighted by atomic mass is 16.1. The molecule has 0 aliphatic carbocycles. The Morgan fingerprint density at radius 3 is 2.71 bits per heavy atom. The van der Waals surface area contributed by atoms with E-state index in [0.717, 1.165) is 37.3 Å². The Kier molecular flexibility index (Phi) is 5.79. The Bertz CT molecular complexity index is 461. The van der Waals surface area contributed by atoms with E-state index in [4.69, 9.17) is 0 Å². The molecule has 1 saturated heterocycles. The first kappa shape index (κ1) is 16.0. The standard InChI is InChI=1S/C16H28N4O/c1-4-7-20-8-5-14(6-9-20)11-16(21)17-12-15-10-13(2)18-19(15)3/h10,14H,4-9,11-12H2,1-3H3,(H,17,21). The van der Waals surface area contributed by atoms with E-state index in [2.05, 4.69) is 22.2 Å². The molecule has 1 aliphatic heterocycles. The lowest BCUT2D eigenvalue weighted by Gasteiger charge is -2.31. The molecule has 1 aromatic rings. The highest BCUT2D eigenvalue weighted by Crippen LogP contribution is 2.20. The van der Waals surface area contributed by atoms with Crippen LogP contribution >= 0.6 is 0 Å². The zero-order valence-corrected chi connectivity index (χ0v) is 13.6. The molecule has 1 amide bonds. The number of aryl methyl sites for hydroxylation is 2. The molecule has 21 heavy (non-hydrogen) atoms. The van der Waals surface area contributed by atoms with Crippen LogP contribution < -0.4 is 5.32 Å². The van der Waals surface area contributed by atoms with E-state index in [9.17, 15) is 4.79 Å². The van der Waals surface area contributed by atoms with Crippen molar-refractivity contribution < 1.29 is 4.79 Å². The Morgan fingerprint density at radius 1 is 1.43 bits per heavy atom. The molecule has 0 aromatic carbocycles. The summed E-state index contributed by atoms with van der Waals surface area (Å²) in [7, 11) is 1.91. The van der Waals surface area contributed by atoms with Crippen LogP contribution in [0.1, 0.15) is 44.0 Å². The Hall–Kier alpha value is -1.36. The predicted octanol–water partition coefficient (Wildman–Crippen LogP) is 1.86. The summed E-state index contributed by atoms with van der Waals surface area (Å²) in [5.41, 5.74) is 2.05. The van der Waals surface area contributed by atoms with Gasteiger partial charge in [-0.25, -0.2) is 0 Å². The Labute approximate surface area is 127 Å². The van der Waals surface area contributed by atoms with E-state index in [1.807, 2.05) is 24.7 Å². The second kappa shape index (κ2) is 7.59. The maximum absolute atomic E-state index is 12.1. The minimum atomic E-state index is 0.169. The van der Waals surface area contributed by atoms with E-state index in [-0.39, 0.29) is 5.91 Å². The van der Waals surface area contributed by atoms with E-state index >= 15 is 0 Å². The quantitative estimate of drug-likeness (QED) is 0.870. The zero-order valence-electron chi connectivity index (χ0n) is 13.6. The van der Waals surface area contributed by atoms with Gasteiger partial charge in [-0.2, -0.15) is 5.10 Å². The fraction of sp³-hybridized carbons (Fsp3) is 0.750. The molecule has 5 nitrogen and oxygen atoms in total. The topological polar surface area (TPSA) is 50.2 Å². The second-order valence-electron chi connectivity index (χ2n) is 6.17.